The number of anilines is 2. The number of carbonyl (C=O) groups excluding carboxylic acids is 1. The van der Waals surface area contributed by atoms with Crippen molar-refractivity contribution in [1.82, 2.24) is 9.97 Å². The predicted octanol–water partition coefficient (Wildman–Crippen LogP) is -0.187. The standard InChI is InChI=1S/C7H8N4O2/c1-13-7-6(12)10-4-2-8-3-9-5(4)11-7/h2-3,7H,1H3,(H,10,12)(H,8,9,11)/t7-/m1/s1. The van der Waals surface area contributed by atoms with Crippen molar-refractivity contribution < 1.29 is 9.53 Å². The summed E-state index contributed by atoms with van der Waals surface area (Å²) in [5, 5.41) is 5.42. The normalized spacial score (nSPS) is 20.1. The number of nitrogens with one attached hydrogen (secondary N) is 2. The lowest BCUT2D eigenvalue weighted by Crippen LogP contribution is -2.40. The van der Waals surface area contributed by atoms with Gasteiger partial charge in [-0.25, -0.2) is 9.97 Å². The van der Waals surface area contributed by atoms with Crippen molar-refractivity contribution in [3.63, 3.8) is 0 Å². The minimum Gasteiger partial charge on any atom is -0.353 e. The van der Waals surface area contributed by atoms with Crippen LogP contribution in [0.2, 0.25) is 0 Å². The van der Waals surface area contributed by atoms with Gasteiger partial charge in [0.15, 0.2) is 5.82 Å². The molecule has 0 saturated carbocycles. The van der Waals surface area contributed by atoms with Crippen LogP contribution in [0.15, 0.2) is 12.5 Å². The molecular formula is C7H8N4O2. The molecule has 0 unspecified atom stereocenters. The number of hydrogen-bond acceptors (Lipinski definition) is 5. The van der Waals surface area contributed by atoms with Crippen LogP contribution in [0.1, 0.15) is 0 Å². The summed E-state index contributed by atoms with van der Waals surface area (Å²) in [5.74, 6) is 0.325. The van der Waals surface area contributed by atoms with Crippen LogP contribution in [0.25, 0.3) is 0 Å². The van der Waals surface area contributed by atoms with Crippen molar-refractivity contribution in [2.75, 3.05) is 17.7 Å². The Morgan fingerprint density at radius 2 is 2.46 bits per heavy atom. The van der Waals surface area contributed by atoms with Crippen molar-refractivity contribution >= 4 is 17.4 Å². The fraction of sp³-hybridized carbons (Fsp3) is 0.286. The number of amides is 1. The SMILES string of the molecule is CO[C@H]1Nc2ncncc2NC1=O. The second-order valence-electron chi connectivity index (χ2n) is 2.53. The Bertz CT molecular complexity index is 341. The lowest BCUT2D eigenvalue weighted by molar-refractivity contribution is -0.124. The van der Waals surface area contributed by atoms with Crippen LogP contribution in [0.5, 0.6) is 0 Å². The molecule has 1 atom stereocenters. The van der Waals surface area contributed by atoms with E-state index in [0.29, 0.717) is 11.5 Å². The number of ether oxygens (including phenoxy) is 1. The van der Waals surface area contributed by atoms with Crippen molar-refractivity contribution in [2.45, 2.75) is 6.23 Å². The van der Waals surface area contributed by atoms with E-state index in [1.54, 1.807) is 0 Å². The third-order valence-electron chi connectivity index (χ3n) is 1.71. The smallest absolute Gasteiger partial charge is 0.274 e. The van der Waals surface area contributed by atoms with E-state index in [4.69, 9.17) is 4.74 Å². The van der Waals surface area contributed by atoms with Gasteiger partial charge in [-0.1, -0.05) is 0 Å². The minimum absolute atomic E-state index is 0.246. The average Bonchev–Trinajstić information content (AvgIpc) is 2.17. The molecule has 13 heavy (non-hydrogen) atoms. The van der Waals surface area contributed by atoms with Gasteiger partial charge in [0.05, 0.1) is 6.20 Å². The minimum atomic E-state index is -0.678. The Morgan fingerprint density at radius 1 is 1.62 bits per heavy atom. The number of nitrogens with zero attached hydrogens (tertiary/aromatic N) is 2. The molecular weight excluding hydrogens is 172 g/mol. The van der Waals surface area contributed by atoms with E-state index in [2.05, 4.69) is 20.6 Å². The largest absolute Gasteiger partial charge is 0.353 e. The highest BCUT2D eigenvalue weighted by Gasteiger charge is 2.25. The fourth-order valence-electron chi connectivity index (χ4n) is 1.09. The van der Waals surface area contributed by atoms with Crippen LogP contribution in [0.3, 0.4) is 0 Å². The first kappa shape index (κ1) is 7.93. The third-order valence-corrected chi connectivity index (χ3v) is 1.71. The zero-order valence-electron chi connectivity index (χ0n) is 6.94. The number of fused-ring (bicyclic) bond motifs is 1. The van der Waals surface area contributed by atoms with Crippen LogP contribution in [0, 0.1) is 0 Å². The molecule has 6 nitrogen and oxygen atoms in total. The molecule has 2 rings (SSSR count). The molecule has 0 fully saturated rings. The van der Waals surface area contributed by atoms with Gasteiger partial charge in [-0.2, -0.15) is 0 Å². The molecule has 0 spiro atoms. The summed E-state index contributed by atoms with van der Waals surface area (Å²) in [5.41, 5.74) is 0.570. The fourth-order valence-corrected chi connectivity index (χ4v) is 1.09. The van der Waals surface area contributed by atoms with E-state index in [9.17, 15) is 4.79 Å². The lowest BCUT2D eigenvalue weighted by atomic mass is 10.3. The summed E-state index contributed by atoms with van der Waals surface area (Å²) in [7, 11) is 1.45. The summed E-state index contributed by atoms with van der Waals surface area (Å²) in [6.07, 6.45) is 2.25. The van der Waals surface area contributed by atoms with Crippen LogP contribution in [0.4, 0.5) is 11.5 Å². The zero-order valence-corrected chi connectivity index (χ0v) is 6.94. The van der Waals surface area contributed by atoms with Gasteiger partial charge >= 0.3 is 0 Å². The number of carbonyl (C=O) groups is 1. The maximum Gasteiger partial charge on any atom is 0.274 e. The average molecular weight is 180 g/mol. The van der Waals surface area contributed by atoms with Crippen LogP contribution >= 0.6 is 0 Å². The zero-order chi connectivity index (χ0) is 9.26. The summed E-state index contributed by atoms with van der Waals surface area (Å²) < 4.78 is 4.88. The highest BCUT2D eigenvalue weighted by atomic mass is 16.5. The van der Waals surface area contributed by atoms with Gasteiger partial charge in [0.2, 0.25) is 6.23 Å². The summed E-state index contributed by atoms with van der Waals surface area (Å²) >= 11 is 0. The highest BCUT2D eigenvalue weighted by Crippen LogP contribution is 2.21. The van der Waals surface area contributed by atoms with Crippen LogP contribution in [-0.4, -0.2) is 29.2 Å². The first-order valence-corrected chi connectivity index (χ1v) is 3.71. The molecule has 0 radical (unpaired) electrons. The van der Waals surface area contributed by atoms with E-state index >= 15 is 0 Å². The Labute approximate surface area is 74.3 Å². The molecule has 1 aromatic rings. The third kappa shape index (κ3) is 1.31. The van der Waals surface area contributed by atoms with E-state index < -0.39 is 6.23 Å². The van der Waals surface area contributed by atoms with E-state index in [1.807, 2.05) is 0 Å². The van der Waals surface area contributed by atoms with E-state index in [1.165, 1.54) is 19.6 Å². The van der Waals surface area contributed by atoms with Crippen molar-refractivity contribution in [1.29, 1.82) is 0 Å². The Kier molecular flexibility index (Phi) is 1.82. The molecule has 1 aliphatic heterocycles. The number of hydrogen-bond donors (Lipinski definition) is 2. The quantitative estimate of drug-likeness (QED) is 0.626. The summed E-state index contributed by atoms with van der Waals surface area (Å²) in [6, 6.07) is 0. The summed E-state index contributed by atoms with van der Waals surface area (Å²) in [6.45, 7) is 0. The number of methoxy groups -OCH3 is 1. The molecule has 2 N–H and O–H groups in total. The van der Waals surface area contributed by atoms with Crippen molar-refractivity contribution in [2.24, 2.45) is 0 Å². The number of aromatic nitrogens is 2. The van der Waals surface area contributed by atoms with Gasteiger partial charge in [-0.05, 0) is 0 Å². The van der Waals surface area contributed by atoms with Gasteiger partial charge in [-0.15, -0.1) is 0 Å². The molecule has 0 bridgehead atoms. The molecule has 0 saturated heterocycles. The van der Waals surface area contributed by atoms with Gasteiger partial charge in [0.1, 0.15) is 12.0 Å². The van der Waals surface area contributed by atoms with E-state index in [0.717, 1.165) is 0 Å². The van der Waals surface area contributed by atoms with Gasteiger partial charge in [0.25, 0.3) is 5.91 Å². The van der Waals surface area contributed by atoms with Crippen LogP contribution < -0.4 is 10.6 Å². The second-order valence-corrected chi connectivity index (χ2v) is 2.53. The second kappa shape index (κ2) is 2.98. The molecule has 1 amide bonds. The predicted molar refractivity (Wildman–Crippen MR) is 45.1 cm³/mol. The molecule has 2 heterocycles. The first-order valence-electron chi connectivity index (χ1n) is 3.71. The maximum absolute atomic E-state index is 11.2. The Balaban J connectivity index is 2.33. The molecule has 1 aromatic heterocycles. The molecule has 68 valence electrons. The van der Waals surface area contributed by atoms with Gasteiger partial charge in [-0.3, -0.25) is 4.79 Å². The number of rotatable bonds is 1. The van der Waals surface area contributed by atoms with E-state index in [-0.39, 0.29) is 5.91 Å². The maximum atomic E-state index is 11.2. The molecule has 0 aromatic carbocycles. The monoisotopic (exact) mass is 180 g/mol. The summed E-state index contributed by atoms with van der Waals surface area (Å²) in [4.78, 5) is 18.9. The first-order chi connectivity index (χ1) is 6.31. The van der Waals surface area contributed by atoms with Crippen LogP contribution in [-0.2, 0) is 9.53 Å². The van der Waals surface area contributed by atoms with Gasteiger partial charge in [0, 0.05) is 7.11 Å². The molecule has 1 aliphatic rings. The van der Waals surface area contributed by atoms with Crippen molar-refractivity contribution in [3.8, 4) is 0 Å². The van der Waals surface area contributed by atoms with Crippen molar-refractivity contribution in [3.05, 3.63) is 12.5 Å². The highest BCUT2D eigenvalue weighted by molar-refractivity contribution is 6.00. The topological polar surface area (TPSA) is 76.1 Å². The molecule has 6 heteroatoms. The lowest BCUT2D eigenvalue weighted by Gasteiger charge is -2.23. The molecule has 0 aliphatic carbocycles. The van der Waals surface area contributed by atoms with Gasteiger partial charge < -0.3 is 15.4 Å². The Morgan fingerprint density at radius 3 is 3.23 bits per heavy atom. The Hall–Kier alpha value is -1.69.